The van der Waals surface area contributed by atoms with Gasteiger partial charge >= 0.3 is 0 Å². The highest BCUT2D eigenvalue weighted by Gasteiger charge is 2.30. The predicted octanol–water partition coefficient (Wildman–Crippen LogP) is 4.40. The van der Waals surface area contributed by atoms with E-state index in [1.165, 1.54) is 29.8 Å². The van der Waals surface area contributed by atoms with Crippen LogP contribution in [0.4, 0.5) is 11.4 Å². The van der Waals surface area contributed by atoms with Crippen LogP contribution in [0.15, 0.2) is 54.6 Å². The number of benzene rings is 2. The monoisotopic (exact) mass is 266 g/mol. The first-order valence-corrected chi connectivity index (χ1v) is 7.50. The molecule has 0 spiro atoms. The number of nitrogens with zero attached hydrogens (tertiary/aromatic N) is 1. The van der Waals surface area contributed by atoms with E-state index in [2.05, 4.69) is 66.4 Å². The summed E-state index contributed by atoms with van der Waals surface area (Å²) in [6.07, 6.45) is 3.39. The molecule has 104 valence electrons. The average molecular weight is 266 g/mol. The number of rotatable bonds is 3. The van der Waals surface area contributed by atoms with Crippen molar-refractivity contribution in [3.05, 3.63) is 60.2 Å². The summed E-state index contributed by atoms with van der Waals surface area (Å²) >= 11 is 0. The Morgan fingerprint density at radius 2 is 1.75 bits per heavy atom. The van der Waals surface area contributed by atoms with Crippen LogP contribution in [-0.2, 0) is 0 Å². The maximum Gasteiger partial charge on any atom is 0.0461 e. The van der Waals surface area contributed by atoms with Crippen molar-refractivity contribution in [2.24, 2.45) is 5.73 Å². The lowest BCUT2D eigenvalue weighted by Gasteiger charge is -2.41. The van der Waals surface area contributed by atoms with E-state index in [0.29, 0.717) is 6.04 Å². The van der Waals surface area contributed by atoms with Gasteiger partial charge in [0, 0.05) is 23.5 Å². The molecule has 0 saturated carbocycles. The van der Waals surface area contributed by atoms with Crippen molar-refractivity contribution >= 4 is 11.4 Å². The van der Waals surface area contributed by atoms with Crippen LogP contribution in [0.5, 0.6) is 0 Å². The molecule has 2 N–H and O–H groups in total. The van der Waals surface area contributed by atoms with Crippen LogP contribution in [0.25, 0.3) is 0 Å². The molecule has 2 aromatic carbocycles. The zero-order chi connectivity index (χ0) is 13.9. The summed E-state index contributed by atoms with van der Waals surface area (Å²) in [6.45, 7) is 2.25. The molecule has 0 aliphatic carbocycles. The first-order chi connectivity index (χ1) is 9.81. The summed E-state index contributed by atoms with van der Waals surface area (Å²) < 4.78 is 0. The average Bonchev–Trinajstić information content (AvgIpc) is 2.49. The van der Waals surface area contributed by atoms with Crippen LogP contribution in [0, 0.1) is 0 Å². The van der Waals surface area contributed by atoms with E-state index in [4.69, 9.17) is 5.73 Å². The largest absolute Gasteiger partial charge is 0.338 e. The summed E-state index contributed by atoms with van der Waals surface area (Å²) in [6, 6.07) is 19.9. The second kappa shape index (κ2) is 5.68. The van der Waals surface area contributed by atoms with Gasteiger partial charge in [-0.15, -0.1) is 0 Å². The minimum absolute atomic E-state index is 0.155. The smallest absolute Gasteiger partial charge is 0.0461 e. The van der Waals surface area contributed by atoms with Gasteiger partial charge in [-0.2, -0.15) is 0 Å². The first kappa shape index (κ1) is 13.2. The van der Waals surface area contributed by atoms with Gasteiger partial charge in [0.2, 0.25) is 0 Å². The molecule has 1 aliphatic rings. The third-order valence-electron chi connectivity index (χ3n) is 4.14. The molecule has 0 bridgehead atoms. The maximum atomic E-state index is 6.38. The number of para-hydroxylation sites is 2. The Morgan fingerprint density at radius 1 is 1.05 bits per heavy atom. The fraction of sp³-hybridized carbons (Fsp3) is 0.333. The summed E-state index contributed by atoms with van der Waals surface area (Å²) in [5, 5.41) is 0. The number of hydrogen-bond acceptors (Lipinski definition) is 2. The van der Waals surface area contributed by atoms with Crippen LogP contribution >= 0.6 is 0 Å². The Morgan fingerprint density at radius 3 is 2.50 bits per heavy atom. The molecule has 20 heavy (non-hydrogen) atoms. The Labute approximate surface area is 121 Å². The van der Waals surface area contributed by atoms with Gasteiger partial charge in [-0.05, 0) is 36.6 Å². The minimum Gasteiger partial charge on any atom is -0.338 e. The number of fused-ring (bicyclic) bond motifs is 1. The zero-order valence-electron chi connectivity index (χ0n) is 12.0. The molecule has 1 aliphatic heterocycles. The molecule has 0 amide bonds. The molecule has 2 heteroatoms. The lowest BCUT2D eigenvalue weighted by atomic mass is 9.89. The predicted molar refractivity (Wildman–Crippen MR) is 85.3 cm³/mol. The van der Waals surface area contributed by atoms with E-state index in [1.54, 1.807) is 0 Å². The third-order valence-corrected chi connectivity index (χ3v) is 4.14. The highest BCUT2D eigenvalue weighted by molar-refractivity contribution is 5.69. The second-order valence-corrected chi connectivity index (χ2v) is 5.55. The minimum atomic E-state index is 0.155. The standard InChI is InChI=1S/C18H22N2/c1-2-8-15-13-17(19)16-11-6-7-12-18(16)20(15)14-9-4-3-5-10-14/h3-7,9-12,15,17H,2,8,13,19H2,1H3. The van der Waals surface area contributed by atoms with Crippen molar-refractivity contribution in [2.45, 2.75) is 38.3 Å². The van der Waals surface area contributed by atoms with E-state index in [1.807, 2.05) is 0 Å². The highest BCUT2D eigenvalue weighted by atomic mass is 15.2. The fourth-order valence-corrected chi connectivity index (χ4v) is 3.26. The molecule has 0 fully saturated rings. The van der Waals surface area contributed by atoms with Crippen molar-refractivity contribution in [1.29, 1.82) is 0 Å². The lowest BCUT2D eigenvalue weighted by molar-refractivity contribution is 0.474. The van der Waals surface area contributed by atoms with Gasteiger partial charge < -0.3 is 10.6 Å². The molecule has 2 unspecified atom stereocenters. The molecule has 0 aromatic heterocycles. The van der Waals surface area contributed by atoms with Gasteiger partial charge in [0.05, 0.1) is 0 Å². The normalized spacial score (nSPS) is 21.6. The first-order valence-electron chi connectivity index (χ1n) is 7.50. The van der Waals surface area contributed by atoms with Gasteiger partial charge in [0.25, 0.3) is 0 Å². The maximum absolute atomic E-state index is 6.38. The van der Waals surface area contributed by atoms with E-state index in [-0.39, 0.29) is 6.04 Å². The summed E-state index contributed by atoms with van der Waals surface area (Å²) in [5.41, 5.74) is 10.2. The molecule has 2 nitrogen and oxygen atoms in total. The van der Waals surface area contributed by atoms with E-state index < -0.39 is 0 Å². The van der Waals surface area contributed by atoms with Crippen LogP contribution in [0.1, 0.15) is 37.8 Å². The summed E-state index contributed by atoms with van der Waals surface area (Å²) in [5.74, 6) is 0. The summed E-state index contributed by atoms with van der Waals surface area (Å²) in [4.78, 5) is 2.47. The van der Waals surface area contributed by atoms with Gasteiger partial charge in [0.15, 0.2) is 0 Å². The molecule has 2 aromatic rings. The molecule has 1 heterocycles. The van der Waals surface area contributed by atoms with Gasteiger partial charge in [-0.1, -0.05) is 49.7 Å². The molecule has 0 radical (unpaired) electrons. The van der Waals surface area contributed by atoms with Crippen molar-refractivity contribution < 1.29 is 0 Å². The van der Waals surface area contributed by atoms with Crippen molar-refractivity contribution in [2.75, 3.05) is 4.90 Å². The highest BCUT2D eigenvalue weighted by Crippen LogP contribution is 2.41. The van der Waals surface area contributed by atoms with Gasteiger partial charge in [-0.3, -0.25) is 0 Å². The van der Waals surface area contributed by atoms with Crippen molar-refractivity contribution in [3.8, 4) is 0 Å². The topological polar surface area (TPSA) is 29.3 Å². The van der Waals surface area contributed by atoms with E-state index >= 15 is 0 Å². The SMILES string of the molecule is CCCC1CC(N)c2ccccc2N1c1ccccc1. The Balaban J connectivity index is 2.09. The number of anilines is 2. The number of hydrogen-bond donors (Lipinski definition) is 1. The lowest BCUT2D eigenvalue weighted by Crippen LogP contribution is -2.39. The third kappa shape index (κ3) is 2.32. The quantitative estimate of drug-likeness (QED) is 0.892. The Bertz CT molecular complexity index is 565. The molecular formula is C18H22N2. The fourth-order valence-electron chi connectivity index (χ4n) is 3.26. The molecule has 0 saturated heterocycles. The molecule has 2 atom stereocenters. The van der Waals surface area contributed by atoms with Crippen LogP contribution in [0.2, 0.25) is 0 Å². The van der Waals surface area contributed by atoms with Crippen LogP contribution in [-0.4, -0.2) is 6.04 Å². The molecule has 3 rings (SSSR count). The van der Waals surface area contributed by atoms with Crippen molar-refractivity contribution in [1.82, 2.24) is 0 Å². The summed E-state index contributed by atoms with van der Waals surface area (Å²) in [7, 11) is 0. The van der Waals surface area contributed by atoms with E-state index in [0.717, 1.165) is 6.42 Å². The Kier molecular flexibility index (Phi) is 3.75. The van der Waals surface area contributed by atoms with Crippen molar-refractivity contribution in [3.63, 3.8) is 0 Å². The van der Waals surface area contributed by atoms with Crippen LogP contribution < -0.4 is 10.6 Å². The van der Waals surface area contributed by atoms with Gasteiger partial charge in [0.1, 0.15) is 0 Å². The van der Waals surface area contributed by atoms with Gasteiger partial charge in [-0.25, -0.2) is 0 Å². The molecular weight excluding hydrogens is 244 g/mol. The van der Waals surface area contributed by atoms with E-state index in [9.17, 15) is 0 Å². The zero-order valence-corrected chi connectivity index (χ0v) is 12.0. The Hall–Kier alpha value is -1.80. The van der Waals surface area contributed by atoms with Crippen LogP contribution in [0.3, 0.4) is 0 Å². The second-order valence-electron chi connectivity index (χ2n) is 5.55. The number of nitrogens with two attached hydrogens (primary N) is 1.